The van der Waals surface area contributed by atoms with Gasteiger partial charge >= 0.3 is 6.18 Å². The van der Waals surface area contributed by atoms with Crippen molar-refractivity contribution in [1.82, 2.24) is 9.55 Å². The molecule has 1 aromatic heterocycles. The van der Waals surface area contributed by atoms with E-state index in [4.69, 9.17) is 0 Å². The Morgan fingerprint density at radius 2 is 1.87 bits per heavy atom. The van der Waals surface area contributed by atoms with E-state index in [0.717, 1.165) is 17.6 Å². The summed E-state index contributed by atoms with van der Waals surface area (Å²) in [7, 11) is 0. The number of aliphatic hydroxyl groups is 1. The van der Waals surface area contributed by atoms with E-state index in [2.05, 4.69) is 4.98 Å². The number of aliphatic hydroxyl groups excluding tert-OH is 1. The summed E-state index contributed by atoms with van der Waals surface area (Å²) in [6, 6.07) is 12.5. The number of rotatable bonds is 3. The summed E-state index contributed by atoms with van der Waals surface area (Å²) in [6.07, 6.45) is -5.19. The normalized spacial score (nSPS) is 13.4. The van der Waals surface area contributed by atoms with Gasteiger partial charge in [0, 0.05) is 6.54 Å². The van der Waals surface area contributed by atoms with Gasteiger partial charge in [-0.05, 0) is 36.8 Å². The summed E-state index contributed by atoms with van der Waals surface area (Å²) in [5, 5.41) is 9.90. The van der Waals surface area contributed by atoms with Gasteiger partial charge in [-0.1, -0.05) is 24.3 Å². The summed E-state index contributed by atoms with van der Waals surface area (Å²) in [6.45, 7) is 1.80. The Morgan fingerprint density at radius 1 is 1.13 bits per heavy atom. The maximum Gasteiger partial charge on any atom is 0.416 e. The number of benzene rings is 2. The molecule has 0 radical (unpaired) electrons. The molecule has 6 heteroatoms. The topological polar surface area (TPSA) is 38.1 Å². The lowest BCUT2D eigenvalue weighted by Gasteiger charge is -2.13. The lowest BCUT2D eigenvalue weighted by atomic mass is 10.1. The van der Waals surface area contributed by atoms with Crippen LogP contribution in [0.1, 0.15) is 30.0 Å². The van der Waals surface area contributed by atoms with Crippen LogP contribution in [0.3, 0.4) is 0 Å². The Bertz CT molecular complexity index is 837. The molecule has 1 unspecified atom stereocenters. The highest BCUT2D eigenvalue weighted by atomic mass is 19.4. The summed E-state index contributed by atoms with van der Waals surface area (Å²) in [5.41, 5.74) is 1.30. The van der Waals surface area contributed by atoms with Crippen LogP contribution in [-0.2, 0) is 12.7 Å². The number of hydrogen-bond donors (Lipinski definition) is 1. The predicted octanol–water partition coefficient (Wildman–Crippen LogP) is 4.16. The summed E-state index contributed by atoms with van der Waals surface area (Å²) in [5.74, 6) is 0.434. The molecule has 0 fully saturated rings. The van der Waals surface area contributed by atoms with Gasteiger partial charge in [0.25, 0.3) is 0 Å². The molecule has 0 saturated heterocycles. The molecule has 3 rings (SSSR count). The number of imidazole rings is 1. The predicted molar refractivity (Wildman–Crippen MR) is 80.9 cm³/mol. The molecular formula is C17H15F3N2O. The molecule has 0 aliphatic rings. The van der Waals surface area contributed by atoms with Gasteiger partial charge < -0.3 is 9.67 Å². The SMILES string of the molecule is CC(O)c1nc2ccccc2n1Cc1cccc(C(F)(F)F)c1. The third-order valence-corrected chi connectivity index (χ3v) is 3.65. The largest absolute Gasteiger partial charge is 0.416 e. The Balaban J connectivity index is 2.06. The van der Waals surface area contributed by atoms with Gasteiger partial charge in [-0.3, -0.25) is 0 Å². The Hall–Kier alpha value is -2.34. The fraction of sp³-hybridized carbons (Fsp3) is 0.235. The molecule has 120 valence electrons. The molecule has 23 heavy (non-hydrogen) atoms. The maximum atomic E-state index is 12.8. The molecule has 0 bridgehead atoms. The van der Waals surface area contributed by atoms with Crippen molar-refractivity contribution in [2.24, 2.45) is 0 Å². The first kappa shape index (κ1) is 15.6. The van der Waals surface area contributed by atoms with Gasteiger partial charge in [0.1, 0.15) is 11.9 Å². The van der Waals surface area contributed by atoms with E-state index < -0.39 is 17.8 Å². The second-order valence-electron chi connectivity index (χ2n) is 5.42. The van der Waals surface area contributed by atoms with Crippen molar-refractivity contribution in [3.8, 4) is 0 Å². The van der Waals surface area contributed by atoms with E-state index in [1.165, 1.54) is 6.07 Å². The monoisotopic (exact) mass is 320 g/mol. The highest BCUT2D eigenvalue weighted by Gasteiger charge is 2.30. The van der Waals surface area contributed by atoms with Crippen molar-refractivity contribution in [3.05, 3.63) is 65.5 Å². The van der Waals surface area contributed by atoms with Gasteiger partial charge in [0.05, 0.1) is 16.6 Å². The summed E-state index contributed by atoms with van der Waals surface area (Å²) < 4.78 is 40.3. The van der Waals surface area contributed by atoms with Crippen LogP contribution in [0.4, 0.5) is 13.2 Å². The van der Waals surface area contributed by atoms with Crippen LogP contribution < -0.4 is 0 Å². The second kappa shape index (κ2) is 5.70. The fourth-order valence-corrected chi connectivity index (χ4v) is 2.61. The average molecular weight is 320 g/mol. The smallest absolute Gasteiger partial charge is 0.385 e. The van der Waals surface area contributed by atoms with Crippen LogP contribution in [0.5, 0.6) is 0 Å². The van der Waals surface area contributed by atoms with E-state index >= 15 is 0 Å². The van der Waals surface area contributed by atoms with Crippen molar-refractivity contribution in [2.75, 3.05) is 0 Å². The molecule has 2 aromatic carbocycles. The Labute approximate surface area is 131 Å². The number of fused-ring (bicyclic) bond motifs is 1. The van der Waals surface area contributed by atoms with Crippen LogP contribution in [0.15, 0.2) is 48.5 Å². The molecule has 3 nitrogen and oxygen atoms in total. The first-order valence-electron chi connectivity index (χ1n) is 7.15. The van der Waals surface area contributed by atoms with Crippen molar-refractivity contribution < 1.29 is 18.3 Å². The molecule has 0 amide bonds. The maximum absolute atomic E-state index is 12.8. The van der Waals surface area contributed by atoms with E-state index in [9.17, 15) is 18.3 Å². The molecule has 3 aromatic rings. The number of aromatic nitrogens is 2. The van der Waals surface area contributed by atoms with Gasteiger partial charge in [-0.2, -0.15) is 13.2 Å². The number of hydrogen-bond acceptors (Lipinski definition) is 2. The molecular weight excluding hydrogens is 305 g/mol. The van der Waals surface area contributed by atoms with E-state index in [1.54, 1.807) is 17.6 Å². The first-order chi connectivity index (χ1) is 10.9. The van der Waals surface area contributed by atoms with E-state index in [-0.39, 0.29) is 6.54 Å². The molecule has 1 heterocycles. The lowest BCUT2D eigenvalue weighted by Crippen LogP contribution is -2.10. The van der Waals surface area contributed by atoms with Crippen LogP contribution >= 0.6 is 0 Å². The summed E-state index contributed by atoms with van der Waals surface area (Å²) in [4.78, 5) is 4.37. The van der Waals surface area contributed by atoms with Gasteiger partial charge in [0.15, 0.2) is 0 Å². The minimum absolute atomic E-state index is 0.213. The minimum Gasteiger partial charge on any atom is -0.385 e. The molecule has 0 aliphatic carbocycles. The Morgan fingerprint density at radius 3 is 2.57 bits per heavy atom. The highest BCUT2D eigenvalue weighted by molar-refractivity contribution is 5.76. The quantitative estimate of drug-likeness (QED) is 0.787. The number of alkyl halides is 3. The van der Waals surface area contributed by atoms with Crippen LogP contribution in [0, 0.1) is 0 Å². The zero-order valence-corrected chi connectivity index (χ0v) is 12.4. The zero-order chi connectivity index (χ0) is 16.6. The zero-order valence-electron chi connectivity index (χ0n) is 12.4. The van der Waals surface area contributed by atoms with Gasteiger partial charge in [-0.25, -0.2) is 4.98 Å². The molecule has 1 N–H and O–H groups in total. The molecule has 1 atom stereocenters. The highest BCUT2D eigenvalue weighted by Crippen LogP contribution is 2.30. The third kappa shape index (κ3) is 3.07. The van der Waals surface area contributed by atoms with Gasteiger partial charge in [0.2, 0.25) is 0 Å². The standard InChI is InChI=1S/C17H15F3N2O/c1-11(23)16-21-14-7-2-3-8-15(14)22(16)10-12-5-4-6-13(9-12)17(18,19)20/h2-9,11,23H,10H2,1H3. The van der Waals surface area contributed by atoms with Crippen molar-refractivity contribution in [1.29, 1.82) is 0 Å². The lowest BCUT2D eigenvalue weighted by molar-refractivity contribution is -0.137. The fourth-order valence-electron chi connectivity index (χ4n) is 2.61. The van der Waals surface area contributed by atoms with Crippen molar-refractivity contribution >= 4 is 11.0 Å². The van der Waals surface area contributed by atoms with E-state index in [1.807, 2.05) is 24.3 Å². The average Bonchev–Trinajstić information content (AvgIpc) is 2.86. The van der Waals surface area contributed by atoms with Crippen LogP contribution in [-0.4, -0.2) is 14.7 Å². The third-order valence-electron chi connectivity index (χ3n) is 3.65. The number of para-hydroxylation sites is 2. The number of nitrogens with zero attached hydrogens (tertiary/aromatic N) is 2. The first-order valence-corrected chi connectivity index (χ1v) is 7.15. The molecule has 0 saturated carbocycles. The minimum atomic E-state index is -4.37. The number of halogens is 3. The van der Waals surface area contributed by atoms with Crippen LogP contribution in [0.2, 0.25) is 0 Å². The van der Waals surface area contributed by atoms with Crippen molar-refractivity contribution in [2.45, 2.75) is 25.7 Å². The molecule has 0 aliphatic heterocycles. The van der Waals surface area contributed by atoms with Crippen molar-refractivity contribution in [3.63, 3.8) is 0 Å². The molecule has 0 spiro atoms. The van der Waals surface area contributed by atoms with E-state index in [0.29, 0.717) is 16.9 Å². The Kier molecular flexibility index (Phi) is 3.85. The van der Waals surface area contributed by atoms with Gasteiger partial charge in [-0.15, -0.1) is 0 Å². The summed E-state index contributed by atoms with van der Waals surface area (Å²) >= 11 is 0. The second-order valence-corrected chi connectivity index (χ2v) is 5.42. The van der Waals surface area contributed by atoms with Crippen LogP contribution in [0.25, 0.3) is 11.0 Å².